The fraction of sp³-hybridized carbons (Fsp3) is 0.571. The number of carboxylic acids is 1. The molecule has 0 aromatic carbocycles. The molecule has 0 fully saturated rings. The van der Waals surface area contributed by atoms with Crippen molar-refractivity contribution >= 4 is 5.97 Å². The minimum absolute atomic E-state index is 0.286. The van der Waals surface area contributed by atoms with Gasteiger partial charge in [0.1, 0.15) is 0 Å². The van der Waals surface area contributed by atoms with Crippen molar-refractivity contribution in [2.75, 3.05) is 0 Å². The Morgan fingerprint density at radius 1 is 1.60 bits per heavy atom. The third-order valence-electron chi connectivity index (χ3n) is 0.971. The number of rotatable bonds is 3. The van der Waals surface area contributed by atoms with E-state index in [4.69, 9.17) is 5.11 Å². The van der Waals surface area contributed by atoms with Crippen molar-refractivity contribution in [1.82, 2.24) is 5.32 Å². The summed E-state index contributed by atoms with van der Waals surface area (Å²) in [5.41, 5.74) is 0.328. The quantitative estimate of drug-likeness (QED) is 0.579. The molecule has 0 heterocycles. The van der Waals surface area contributed by atoms with Gasteiger partial charge in [-0.15, -0.1) is 0 Å². The molecular formula is C7H13NO2. The van der Waals surface area contributed by atoms with Crippen LogP contribution in [-0.2, 0) is 4.79 Å². The standard InChI is InChI=1S/C7H13NO2/c1-5(2)8-4-6(3)7(9)10/h4-5,8H,1-3H3,(H,9,10)/b6-4+. The van der Waals surface area contributed by atoms with Crippen LogP contribution in [0.1, 0.15) is 20.8 Å². The van der Waals surface area contributed by atoms with Crippen LogP contribution in [0.4, 0.5) is 0 Å². The Morgan fingerprint density at radius 2 is 2.10 bits per heavy atom. The van der Waals surface area contributed by atoms with Crippen LogP contribution in [0.2, 0.25) is 0 Å². The van der Waals surface area contributed by atoms with E-state index in [1.165, 1.54) is 6.20 Å². The average Bonchev–Trinajstić information content (AvgIpc) is 1.82. The summed E-state index contributed by atoms with van der Waals surface area (Å²) < 4.78 is 0. The van der Waals surface area contributed by atoms with Crippen molar-refractivity contribution in [3.63, 3.8) is 0 Å². The van der Waals surface area contributed by atoms with Gasteiger partial charge in [-0.25, -0.2) is 4.79 Å². The predicted molar refractivity (Wildman–Crippen MR) is 39.7 cm³/mol. The molecular weight excluding hydrogens is 130 g/mol. The molecule has 0 aliphatic heterocycles. The summed E-state index contributed by atoms with van der Waals surface area (Å²) in [7, 11) is 0. The normalized spacial score (nSPS) is 11.8. The Morgan fingerprint density at radius 3 is 2.40 bits per heavy atom. The Hall–Kier alpha value is -0.990. The lowest BCUT2D eigenvalue weighted by atomic mass is 10.3. The second-order valence-corrected chi connectivity index (χ2v) is 2.45. The van der Waals surface area contributed by atoms with Crippen LogP contribution in [-0.4, -0.2) is 17.1 Å². The largest absolute Gasteiger partial charge is 0.478 e. The summed E-state index contributed by atoms with van der Waals surface area (Å²) in [5, 5.41) is 11.3. The molecule has 58 valence electrons. The first-order valence-corrected chi connectivity index (χ1v) is 3.20. The lowest BCUT2D eigenvalue weighted by Crippen LogP contribution is -2.17. The molecule has 0 saturated carbocycles. The molecule has 0 saturated heterocycles. The van der Waals surface area contributed by atoms with Crippen LogP contribution in [0.3, 0.4) is 0 Å². The van der Waals surface area contributed by atoms with Crippen LogP contribution in [0.5, 0.6) is 0 Å². The third-order valence-corrected chi connectivity index (χ3v) is 0.971. The predicted octanol–water partition coefficient (Wildman–Crippen LogP) is 0.973. The van der Waals surface area contributed by atoms with E-state index >= 15 is 0 Å². The van der Waals surface area contributed by atoms with Crippen molar-refractivity contribution in [2.24, 2.45) is 0 Å². The maximum Gasteiger partial charge on any atom is 0.332 e. The summed E-state index contributed by atoms with van der Waals surface area (Å²) in [6.07, 6.45) is 1.51. The zero-order valence-corrected chi connectivity index (χ0v) is 6.51. The summed E-state index contributed by atoms with van der Waals surface area (Å²) in [4.78, 5) is 10.2. The molecule has 0 aromatic rings. The Labute approximate surface area is 60.7 Å². The Balaban J connectivity index is 3.81. The smallest absolute Gasteiger partial charge is 0.332 e. The first-order chi connectivity index (χ1) is 4.54. The molecule has 0 aromatic heterocycles. The van der Waals surface area contributed by atoms with E-state index in [0.29, 0.717) is 5.57 Å². The highest BCUT2D eigenvalue weighted by molar-refractivity contribution is 5.85. The van der Waals surface area contributed by atoms with Gasteiger partial charge in [0.05, 0.1) is 0 Å². The first-order valence-electron chi connectivity index (χ1n) is 3.20. The van der Waals surface area contributed by atoms with Crippen LogP contribution >= 0.6 is 0 Å². The Bertz CT molecular complexity index is 150. The van der Waals surface area contributed by atoms with E-state index in [2.05, 4.69) is 5.32 Å². The lowest BCUT2D eigenvalue weighted by Gasteiger charge is -2.03. The van der Waals surface area contributed by atoms with E-state index in [9.17, 15) is 4.79 Å². The van der Waals surface area contributed by atoms with Crippen molar-refractivity contribution in [3.8, 4) is 0 Å². The maximum absolute atomic E-state index is 10.2. The van der Waals surface area contributed by atoms with Gasteiger partial charge in [-0.05, 0) is 20.8 Å². The molecule has 0 atom stereocenters. The SMILES string of the molecule is C/C(=C\NC(C)C)C(=O)O. The van der Waals surface area contributed by atoms with Crippen molar-refractivity contribution in [1.29, 1.82) is 0 Å². The summed E-state index contributed by atoms with van der Waals surface area (Å²) >= 11 is 0. The van der Waals surface area contributed by atoms with Gasteiger partial charge in [-0.2, -0.15) is 0 Å². The van der Waals surface area contributed by atoms with Gasteiger partial charge >= 0.3 is 5.97 Å². The highest BCUT2D eigenvalue weighted by Crippen LogP contribution is 1.89. The Kier molecular flexibility index (Phi) is 3.54. The van der Waals surface area contributed by atoms with Crippen LogP contribution in [0.25, 0.3) is 0 Å². The number of hydrogen-bond acceptors (Lipinski definition) is 2. The van der Waals surface area contributed by atoms with Gasteiger partial charge in [0.2, 0.25) is 0 Å². The van der Waals surface area contributed by atoms with Crippen molar-refractivity contribution < 1.29 is 9.90 Å². The van der Waals surface area contributed by atoms with Gasteiger partial charge < -0.3 is 10.4 Å². The van der Waals surface area contributed by atoms with Crippen molar-refractivity contribution in [3.05, 3.63) is 11.8 Å². The molecule has 0 amide bonds. The van der Waals surface area contributed by atoms with Crippen LogP contribution < -0.4 is 5.32 Å². The minimum atomic E-state index is -0.881. The molecule has 0 rings (SSSR count). The van der Waals surface area contributed by atoms with E-state index in [1.54, 1.807) is 6.92 Å². The first kappa shape index (κ1) is 9.01. The summed E-state index contributed by atoms with van der Waals surface area (Å²) in [6.45, 7) is 5.45. The van der Waals surface area contributed by atoms with Crippen LogP contribution in [0.15, 0.2) is 11.8 Å². The average molecular weight is 143 g/mol. The summed E-state index contributed by atoms with van der Waals surface area (Å²) in [6, 6.07) is 0.286. The number of nitrogens with one attached hydrogen (secondary N) is 1. The number of carboxylic acid groups (broad SMARTS) is 1. The second-order valence-electron chi connectivity index (χ2n) is 2.45. The van der Waals surface area contributed by atoms with Gasteiger partial charge in [-0.3, -0.25) is 0 Å². The summed E-state index contributed by atoms with van der Waals surface area (Å²) in [5.74, 6) is -0.881. The molecule has 0 radical (unpaired) electrons. The number of hydrogen-bond donors (Lipinski definition) is 2. The molecule has 0 aliphatic rings. The van der Waals surface area contributed by atoms with Gasteiger partial charge in [0.25, 0.3) is 0 Å². The molecule has 0 bridgehead atoms. The van der Waals surface area contributed by atoms with E-state index < -0.39 is 5.97 Å². The lowest BCUT2D eigenvalue weighted by molar-refractivity contribution is -0.132. The number of carbonyl (C=O) groups is 1. The molecule has 10 heavy (non-hydrogen) atoms. The van der Waals surface area contributed by atoms with Gasteiger partial charge in [-0.1, -0.05) is 0 Å². The zero-order valence-electron chi connectivity index (χ0n) is 6.51. The topological polar surface area (TPSA) is 49.3 Å². The highest BCUT2D eigenvalue weighted by atomic mass is 16.4. The molecule has 2 N–H and O–H groups in total. The third kappa shape index (κ3) is 3.95. The van der Waals surface area contributed by atoms with Gasteiger partial charge in [0.15, 0.2) is 0 Å². The number of aliphatic carboxylic acids is 1. The highest BCUT2D eigenvalue weighted by Gasteiger charge is 1.97. The fourth-order valence-corrected chi connectivity index (χ4v) is 0.353. The molecule has 3 nitrogen and oxygen atoms in total. The molecule has 0 spiro atoms. The van der Waals surface area contributed by atoms with E-state index in [1.807, 2.05) is 13.8 Å². The monoisotopic (exact) mass is 143 g/mol. The fourth-order valence-electron chi connectivity index (χ4n) is 0.353. The van der Waals surface area contributed by atoms with Crippen molar-refractivity contribution in [2.45, 2.75) is 26.8 Å². The van der Waals surface area contributed by atoms with E-state index in [0.717, 1.165) is 0 Å². The van der Waals surface area contributed by atoms with Gasteiger partial charge in [0, 0.05) is 17.8 Å². The zero-order chi connectivity index (χ0) is 8.15. The maximum atomic E-state index is 10.2. The molecule has 0 aliphatic carbocycles. The second kappa shape index (κ2) is 3.93. The van der Waals surface area contributed by atoms with Crippen LogP contribution in [0, 0.1) is 0 Å². The molecule has 0 unspecified atom stereocenters. The molecule has 3 heteroatoms. The minimum Gasteiger partial charge on any atom is -0.478 e. The van der Waals surface area contributed by atoms with E-state index in [-0.39, 0.29) is 6.04 Å².